The smallest absolute Gasteiger partial charge is 0.164 e. The molecule has 9 rings (SSSR count). The Kier molecular flexibility index (Phi) is 6.47. The molecule has 5 heteroatoms. The van der Waals surface area contributed by atoms with Crippen LogP contribution in [0.25, 0.3) is 81.8 Å². The minimum Gasteiger partial charge on any atom is -0.309 e. The van der Waals surface area contributed by atoms with Gasteiger partial charge in [0.1, 0.15) is 0 Å². The molecule has 0 spiro atoms. The Morgan fingerprint density at radius 2 is 1.02 bits per heavy atom. The van der Waals surface area contributed by atoms with E-state index < -0.39 is 0 Å². The molecule has 4 nitrogen and oxygen atoms in total. The summed E-state index contributed by atoms with van der Waals surface area (Å²) in [6, 6.07) is 49.0. The molecule has 6 aromatic carbocycles. The minimum absolute atomic E-state index is 0.471. The highest BCUT2D eigenvalue weighted by Gasteiger charge is 2.19. The van der Waals surface area contributed by atoms with Crippen LogP contribution >= 0.6 is 11.3 Å². The lowest BCUT2D eigenvalue weighted by molar-refractivity contribution is 0.878. The van der Waals surface area contributed by atoms with Crippen molar-refractivity contribution < 1.29 is 0 Å². The molecule has 0 amide bonds. The van der Waals surface area contributed by atoms with Crippen molar-refractivity contribution in [2.45, 2.75) is 19.8 Å². The Balaban J connectivity index is 1.21. The van der Waals surface area contributed by atoms with Crippen molar-refractivity contribution in [3.05, 3.63) is 145 Å². The normalized spacial score (nSPS) is 11.8. The van der Waals surface area contributed by atoms with Gasteiger partial charge in [-0.2, -0.15) is 0 Å². The fraction of sp³-hybridized carbons (Fsp3) is 0.0714. The number of rotatable bonds is 5. The van der Waals surface area contributed by atoms with Gasteiger partial charge in [0.25, 0.3) is 0 Å². The number of fused-ring (bicyclic) bond motifs is 7. The van der Waals surface area contributed by atoms with Crippen LogP contribution in [0.2, 0.25) is 0 Å². The summed E-state index contributed by atoms with van der Waals surface area (Å²) in [5.74, 6) is 2.45. The highest BCUT2D eigenvalue weighted by Crippen LogP contribution is 2.45. The van der Waals surface area contributed by atoms with Gasteiger partial charge in [0.15, 0.2) is 17.5 Å². The second-order valence-electron chi connectivity index (χ2n) is 12.3. The number of nitrogens with zero attached hydrogens (tertiary/aromatic N) is 4. The molecule has 0 fully saturated rings. The molecule has 47 heavy (non-hydrogen) atoms. The lowest BCUT2D eigenvalue weighted by Gasteiger charge is -2.11. The van der Waals surface area contributed by atoms with E-state index in [0.29, 0.717) is 23.4 Å². The summed E-state index contributed by atoms with van der Waals surface area (Å²) in [7, 11) is 0. The summed E-state index contributed by atoms with van der Waals surface area (Å²) in [5, 5.41) is 5.26. The third kappa shape index (κ3) is 4.54. The molecular weight excluding hydrogens is 593 g/mol. The third-order valence-electron chi connectivity index (χ3n) is 9.04. The summed E-state index contributed by atoms with van der Waals surface area (Å²) in [6.45, 7) is 4.57. The van der Waals surface area contributed by atoms with E-state index in [4.69, 9.17) is 15.0 Å². The zero-order chi connectivity index (χ0) is 31.5. The summed E-state index contributed by atoms with van der Waals surface area (Å²) in [5.41, 5.74) is 7.79. The number of para-hydroxylation sites is 1. The topological polar surface area (TPSA) is 43.6 Å². The predicted octanol–water partition coefficient (Wildman–Crippen LogP) is 11.5. The van der Waals surface area contributed by atoms with Gasteiger partial charge in [0, 0.05) is 53.3 Å². The summed E-state index contributed by atoms with van der Waals surface area (Å²) < 4.78 is 5.14. The molecule has 0 aliphatic heterocycles. The SMILES string of the molecule is CC(C)c1cccc2c1sc1c2ccc2c1c1ccccc1n2-c1ccc(-c2nc(-c3ccccc3)nc(-c3ccccc3)n2)cc1. The Morgan fingerprint density at radius 1 is 0.468 bits per heavy atom. The van der Waals surface area contributed by atoms with E-state index in [1.807, 2.05) is 72.0 Å². The second kappa shape index (κ2) is 11.0. The summed E-state index contributed by atoms with van der Waals surface area (Å²) >= 11 is 1.93. The van der Waals surface area contributed by atoms with E-state index in [0.717, 1.165) is 22.4 Å². The van der Waals surface area contributed by atoms with Gasteiger partial charge in [-0.25, -0.2) is 15.0 Å². The maximum absolute atomic E-state index is 4.94. The van der Waals surface area contributed by atoms with E-state index in [1.54, 1.807) is 0 Å². The third-order valence-corrected chi connectivity index (χ3v) is 10.3. The van der Waals surface area contributed by atoms with Crippen molar-refractivity contribution in [3.8, 4) is 39.9 Å². The first-order chi connectivity index (χ1) is 23.1. The lowest BCUT2D eigenvalue weighted by Crippen LogP contribution is -2.00. The van der Waals surface area contributed by atoms with Gasteiger partial charge >= 0.3 is 0 Å². The van der Waals surface area contributed by atoms with E-state index in [1.165, 1.54) is 47.5 Å². The predicted molar refractivity (Wildman–Crippen MR) is 197 cm³/mol. The number of thiophene rings is 1. The van der Waals surface area contributed by atoms with Gasteiger partial charge in [-0.3, -0.25) is 0 Å². The summed E-state index contributed by atoms with van der Waals surface area (Å²) in [4.78, 5) is 14.7. The van der Waals surface area contributed by atoms with E-state index in [2.05, 4.69) is 97.3 Å². The van der Waals surface area contributed by atoms with Crippen LogP contribution < -0.4 is 0 Å². The van der Waals surface area contributed by atoms with Crippen LogP contribution in [0.15, 0.2) is 140 Å². The van der Waals surface area contributed by atoms with Gasteiger partial charge in [-0.15, -0.1) is 11.3 Å². The zero-order valence-electron chi connectivity index (χ0n) is 26.1. The van der Waals surface area contributed by atoms with Crippen LogP contribution in [0.3, 0.4) is 0 Å². The zero-order valence-corrected chi connectivity index (χ0v) is 26.9. The first-order valence-electron chi connectivity index (χ1n) is 16.0. The number of hydrogen-bond donors (Lipinski definition) is 0. The van der Waals surface area contributed by atoms with Gasteiger partial charge in [-0.05, 0) is 47.9 Å². The molecule has 0 radical (unpaired) electrons. The lowest BCUT2D eigenvalue weighted by atomic mass is 10.0. The van der Waals surface area contributed by atoms with Crippen LogP contribution in [0.1, 0.15) is 25.3 Å². The van der Waals surface area contributed by atoms with Crippen molar-refractivity contribution in [2.75, 3.05) is 0 Å². The number of benzene rings is 6. The first-order valence-corrected chi connectivity index (χ1v) is 16.8. The average Bonchev–Trinajstić information content (AvgIpc) is 3.68. The Bertz CT molecular complexity index is 2520. The van der Waals surface area contributed by atoms with Crippen LogP contribution in [0, 0.1) is 0 Å². The molecule has 3 aromatic heterocycles. The molecule has 0 unspecified atom stereocenters. The van der Waals surface area contributed by atoms with Crippen molar-refractivity contribution >= 4 is 53.3 Å². The molecule has 0 N–H and O–H groups in total. The van der Waals surface area contributed by atoms with Crippen LogP contribution in [0.4, 0.5) is 0 Å². The largest absolute Gasteiger partial charge is 0.309 e. The maximum atomic E-state index is 4.94. The monoisotopic (exact) mass is 622 g/mol. The Morgan fingerprint density at radius 3 is 1.66 bits per heavy atom. The van der Waals surface area contributed by atoms with Crippen molar-refractivity contribution in [1.82, 2.24) is 19.5 Å². The second-order valence-corrected chi connectivity index (χ2v) is 13.3. The van der Waals surface area contributed by atoms with Crippen molar-refractivity contribution in [1.29, 1.82) is 0 Å². The molecular formula is C42H30N4S. The van der Waals surface area contributed by atoms with Crippen molar-refractivity contribution in [2.24, 2.45) is 0 Å². The van der Waals surface area contributed by atoms with Crippen LogP contribution in [-0.4, -0.2) is 19.5 Å². The molecule has 224 valence electrons. The first kappa shape index (κ1) is 27.6. The molecule has 0 atom stereocenters. The maximum Gasteiger partial charge on any atom is 0.164 e. The van der Waals surface area contributed by atoms with Gasteiger partial charge < -0.3 is 4.57 Å². The minimum atomic E-state index is 0.471. The fourth-order valence-corrected chi connectivity index (χ4v) is 8.28. The van der Waals surface area contributed by atoms with E-state index in [9.17, 15) is 0 Å². The Hall–Kier alpha value is -5.65. The van der Waals surface area contributed by atoms with E-state index in [-0.39, 0.29) is 0 Å². The standard InChI is InChI=1S/C42H30N4S/c1-26(2)31-17-11-18-32-33-24-25-36-37(39(33)47-38(31)32)34-16-9-10-19-35(34)46(36)30-22-20-29(21-23-30)42-44-40(27-12-5-3-6-13-27)43-41(45-42)28-14-7-4-8-15-28/h3-26H,1-2H3. The highest BCUT2D eigenvalue weighted by molar-refractivity contribution is 7.27. The number of aromatic nitrogens is 4. The Labute approximate surface area is 276 Å². The molecule has 9 aromatic rings. The number of hydrogen-bond acceptors (Lipinski definition) is 4. The van der Waals surface area contributed by atoms with Gasteiger partial charge in [0.05, 0.1) is 11.0 Å². The van der Waals surface area contributed by atoms with Gasteiger partial charge in [-0.1, -0.05) is 117 Å². The van der Waals surface area contributed by atoms with Crippen LogP contribution in [0.5, 0.6) is 0 Å². The molecule has 0 aliphatic rings. The molecule has 0 saturated carbocycles. The highest BCUT2D eigenvalue weighted by atomic mass is 32.1. The van der Waals surface area contributed by atoms with Crippen LogP contribution in [-0.2, 0) is 0 Å². The van der Waals surface area contributed by atoms with Gasteiger partial charge in [0.2, 0.25) is 0 Å². The average molecular weight is 623 g/mol. The molecule has 0 bridgehead atoms. The van der Waals surface area contributed by atoms with Crippen molar-refractivity contribution in [3.63, 3.8) is 0 Å². The fourth-order valence-electron chi connectivity index (χ4n) is 6.76. The van der Waals surface area contributed by atoms with E-state index >= 15 is 0 Å². The quantitative estimate of drug-likeness (QED) is 0.192. The molecule has 3 heterocycles. The molecule has 0 aliphatic carbocycles. The summed E-state index contributed by atoms with van der Waals surface area (Å²) in [6.07, 6.45) is 0. The molecule has 0 saturated heterocycles.